The maximum Gasteiger partial charge on any atom is 0.228 e. The molecule has 0 atom stereocenters. The Labute approximate surface area is 169 Å². The van der Waals surface area contributed by atoms with E-state index in [2.05, 4.69) is 28.1 Å². The van der Waals surface area contributed by atoms with Crippen LogP contribution in [0.15, 0.2) is 59.5 Å². The number of para-hydroxylation sites is 1. The van der Waals surface area contributed by atoms with Gasteiger partial charge in [0.15, 0.2) is 5.13 Å². The molecule has 0 radical (unpaired) electrons. The highest BCUT2D eigenvalue weighted by atomic mass is 32.2. The van der Waals surface area contributed by atoms with Gasteiger partial charge in [-0.05, 0) is 50.5 Å². The van der Waals surface area contributed by atoms with Gasteiger partial charge in [0.25, 0.3) is 0 Å². The van der Waals surface area contributed by atoms with Crippen LogP contribution in [0.1, 0.15) is 12.8 Å². The number of aromatic nitrogens is 1. The van der Waals surface area contributed by atoms with Crippen LogP contribution in [-0.4, -0.2) is 48.7 Å². The molecular formula is C21H25N3OS2. The zero-order valence-electron chi connectivity index (χ0n) is 15.8. The summed E-state index contributed by atoms with van der Waals surface area (Å²) >= 11 is 3.39. The summed E-state index contributed by atoms with van der Waals surface area (Å²) in [5.74, 6) is 1.10. The van der Waals surface area contributed by atoms with Crippen LogP contribution in [0.2, 0.25) is 0 Å². The first-order valence-corrected chi connectivity index (χ1v) is 10.9. The quantitative estimate of drug-likeness (QED) is 0.384. The Balaban J connectivity index is 1.62. The lowest BCUT2D eigenvalue weighted by Gasteiger charge is -2.22. The first-order valence-electron chi connectivity index (χ1n) is 9.12. The fraction of sp³-hybridized carbons (Fsp3) is 0.333. The van der Waals surface area contributed by atoms with E-state index in [1.807, 2.05) is 55.4 Å². The number of hydrogen-bond donors (Lipinski definition) is 0. The summed E-state index contributed by atoms with van der Waals surface area (Å²) in [6, 6.07) is 18.4. The zero-order chi connectivity index (χ0) is 19.1. The van der Waals surface area contributed by atoms with E-state index in [4.69, 9.17) is 0 Å². The van der Waals surface area contributed by atoms with Crippen molar-refractivity contribution in [3.63, 3.8) is 0 Å². The fourth-order valence-corrected chi connectivity index (χ4v) is 4.55. The van der Waals surface area contributed by atoms with Gasteiger partial charge in [0.05, 0.1) is 10.2 Å². The minimum absolute atomic E-state index is 0.157. The van der Waals surface area contributed by atoms with Crippen molar-refractivity contribution in [3.05, 3.63) is 54.6 Å². The second-order valence-corrected chi connectivity index (χ2v) is 8.76. The normalized spacial score (nSPS) is 11.2. The van der Waals surface area contributed by atoms with E-state index in [9.17, 15) is 4.79 Å². The first-order chi connectivity index (χ1) is 13.1. The fourth-order valence-electron chi connectivity index (χ4n) is 2.67. The number of anilines is 1. The molecule has 0 spiro atoms. The van der Waals surface area contributed by atoms with E-state index in [-0.39, 0.29) is 5.91 Å². The van der Waals surface area contributed by atoms with Gasteiger partial charge in [-0.15, -0.1) is 11.8 Å². The Morgan fingerprint density at radius 3 is 2.52 bits per heavy atom. The Morgan fingerprint density at radius 2 is 1.78 bits per heavy atom. The maximum absolute atomic E-state index is 12.9. The van der Waals surface area contributed by atoms with Crippen molar-refractivity contribution in [2.24, 2.45) is 0 Å². The Bertz CT molecular complexity index is 831. The van der Waals surface area contributed by atoms with Crippen LogP contribution in [0.4, 0.5) is 5.13 Å². The third-order valence-corrected chi connectivity index (χ3v) is 6.29. The number of hydrogen-bond acceptors (Lipinski definition) is 5. The van der Waals surface area contributed by atoms with E-state index in [1.165, 1.54) is 4.90 Å². The smallest absolute Gasteiger partial charge is 0.228 e. The van der Waals surface area contributed by atoms with Crippen LogP contribution in [0, 0.1) is 0 Å². The first kappa shape index (κ1) is 19.9. The van der Waals surface area contributed by atoms with Crippen LogP contribution in [0.3, 0.4) is 0 Å². The molecule has 0 N–H and O–H groups in total. The lowest BCUT2D eigenvalue weighted by atomic mass is 10.3. The number of nitrogens with zero attached hydrogens (tertiary/aromatic N) is 3. The Morgan fingerprint density at radius 1 is 1.04 bits per heavy atom. The van der Waals surface area contributed by atoms with Gasteiger partial charge in [-0.1, -0.05) is 41.7 Å². The average Bonchev–Trinajstić information content (AvgIpc) is 3.09. The molecule has 27 heavy (non-hydrogen) atoms. The SMILES string of the molecule is CN(C)CCN(C(=O)CCCSc1ccccc1)c1nc2ccccc2s1. The summed E-state index contributed by atoms with van der Waals surface area (Å²) in [4.78, 5) is 22.8. The molecule has 142 valence electrons. The molecule has 0 saturated carbocycles. The molecule has 3 rings (SSSR count). The summed E-state index contributed by atoms with van der Waals surface area (Å²) in [6.07, 6.45) is 1.41. The van der Waals surface area contributed by atoms with E-state index in [0.717, 1.165) is 34.1 Å². The lowest BCUT2D eigenvalue weighted by Crippen LogP contribution is -2.36. The number of rotatable bonds is 9. The van der Waals surface area contributed by atoms with Gasteiger partial charge in [-0.3, -0.25) is 9.69 Å². The van der Waals surface area contributed by atoms with Gasteiger partial charge < -0.3 is 4.90 Å². The summed E-state index contributed by atoms with van der Waals surface area (Å²) in [5.41, 5.74) is 0.958. The number of benzene rings is 2. The summed E-state index contributed by atoms with van der Waals surface area (Å²) in [6.45, 7) is 1.48. The molecule has 3 aromatic rings. The minimum atomic E-state index is 0.157. The molecule has 0 aliphatic heterocycles. The van der Waals surface area contributed by atoms with E-state index < -0.39 is 0 Å². The summed E-state index contributed by atoms with van der Waals surface area (Å²) in [5, 5.41) is 0.804. The van der Waals surface area contributed by atoms with E-state index in [1.54, 1.807) is 23.1 Å². The molecular weight excluding hydrogens is 374 g/mol. The molecule has 0 aliphatic carbocycles. The van der Waals surface area contributed by atoms with Crippen molar-refractivity contribution >= 4 is 44.4 Å². The molecule has 1 heterocycles. The van der Waals surface area contributed by atoms with Gasteiger partial charge in [0, 0.05) is 24.4 Å². The monoisotopic (exact) mass is 399 g/mol. The molecule has 0 aliphatic rings. The average molecular weight is 400 g/mol. The van der Waals surface area contributed by atoms with Gasteiger partial charge in [0.1, 0.15) is 0 Å². The molecule has 6 heteroatoms. The van der Waals surface area contributed by atoms with Crippen LogP contribution in [0.25, 0.3) is 10.2 Å². The van der Waals surface area contributed by atoms with Crippen LogP contribution >= 0.6 is 23.1 Å². The number of likely N-dealkylation sites (N-methyl/N-ethyl adjacent to an activating group) is 1. The number of thioether (sulfide) groups is 1. The van der Waals surface area contributed by atoms with E-state index in [0.29, 0.717) is 13.0 Å². The highest BCUT2D eigenvalue weighted by Crippen LogP contribution is 2.29. The number of carbonyl (C=O) groups excluding carboxylic acids is 1. The molecule has 0 fully saturated rings. The van der Waals surface area contributed by atoms with Gasteiger partial charge in [-0.25, -0.2) is 4.98 Å². The van der Waals surface area contributed by atoms with Gasteiger partial charge >= 0.3 is 0 Å². The lowest BCUT2D eigenvalue weighted by molar-refractivity contribution is -0.118. The number of carbonyl (C=O) groups is 1. The van der Waals surface area contributed by atoms with Crippen molar-refractivity contribution in [1.82, 2.24) is 9.88 Å². The predicted molar refractivity (Wildman–Crippen MR) is 117 cm³/mol. The van der Waals surface area contributed by atoms with Crippen molar-refractivity contribution in [2.45, 2.75) is 17.7 Å². The van der Waals surface area contributed by atoms with E-state index >= 15 is 0 Å². The zero-order valence-corrected chi connectivity index (χ0v) is 17.4. The number of thiazole rings is 1. The van der Waals surface area contributed by atoms with Crippen molar-refractivity contribution in [3.8, 4) is 0 Å². The molecule has 0 unspecified atom stereocenters. The Hall–Kier alpha value is -1.89. The Kier molecular flexibility index (Phi) is 7.26. The van der Waals surface area contributed by atoms with Gasteiger partial charge in [0.2, 0.25) is 5.91 Å². The topological polar surface area (TPSA) is 36.4 Å². The summed E-state index contributed by atoms with van der Waals surface area (Å²) in [7, 11) is 4.05. The van der Waals surface area contributed by atoms with Crippen molar-refractivity contribution in [1.29, 1.82) is 0 Å². The largest absolute Gasteiger partial charge is 0.308 e. The minimum Gasteiger partial charge on any atom is -0.308 e. The molecule has 0 bridgehead atoms. The summed E-state index contributed by atoms with van der Waals surface area (Å²) < 4.78 is 1.12. The van der Waals surface area contributed by atoms with Crippen LogP contribution in [0.5, 0.6) is 0 Å². The third kappa shape index (κ3) is 5.79. The van der Waals surface area contributed by atoms with Crippen LogP contribution in [-0.2, 0) is 4.79 Å². The van der Waals surface area contributed by atoms with Crippen molar-refractivity contribution in [2.75, 3.05) is 37.8 Å². The number of fused-ring (bicyclic) bond motifs is 1. The second kappa shape index (κ2) is 9.88. The molecule has 4 nitrogen and oxygen atoms in total. The standard InChI is InChI=1S/C21H25N3OS2/c1-23(2)14-15-24(21-22-18-11-6-7-12-19(18)27-21)20(25)13-8-16-26-17-9-4-3-5-10-17/h3-7,9-12H,8,13-16H2,1-2H3. The number of amides is 1. The second-order valence-electron chi connectivity index (χ2n) is 6.58. The highest BCUT2D eigenvalue weighted by molar-refractivity contribution is 7.99. The maximum atomic E-state index is 12.9. The van der Waals surface area contributed by atoms with Crippen molar-refractivity contribution < 1.29 is 4.79 Å². The van der Waals surface area contributed by atoms with Gasteiger partial charge in [-0.2, -0.15) is 0 Å². The molecule has 1 amide bonds. The highest BCUT2D eigenvalue weighted by Gasteiger charge is 2.19. The third-order valence-electron chi connectivity index (χ3n) is 4.13. The molecule has 0 saturated heterocycles. The predicted octanol–water partition coefficient (Wildman–Crippen LogP) is 4.76. The molecule has 1 aromatic heterocycles. The molecule has 2 aromatic carbocycles. The van der Waals surface area contributed by atoms with Crippen LogP contribution < -0.4 is 4.90 Å².